The standard InChI is InChI=1S/C96H79B2N3S/c1-94(2,3)70-46-50-73(51-47-70)99-83-61-84-81(98-79-53-49-72(96(7,8)9)59-88(79)102-89-57-69(63-32-18-11-19-33-63)56-87(91(89)98)101(84)93-76(66-38-24-14-25-39-66)44-29-45-77(93)67-40-26-15-27-41-67)60-80(83)97-78-52-48-71(95(4,5)6)58-82(78)100(86-55-68(54-85(99)90(86)97)62-30-16-10-17-31-62)92-74(64-34-20-12-21-35-64)42-28-43-75(92)65-36-22-13-23-37-65/h10-61H,1-9H3. The molecule has 4 heterocycles. The van der Waals surface area contributed by atoms with E-state index in [4.69, 9.17) is 0 Å². The zero-order valence-corrected chi connectivity index (χ0v) is 60.2. The summed E-state index contributed by atoms with van der Waals surface area (Å²) in [4.78, 5) is 10.7. The lowest BCUT2D eigenvalue weighted by molar-refractivity contribution is 0.589. The van der Waals surface area contributed by atoms with Crippen LogP contribution in [0.2, 0.25) is 0 Å². The van der Waals surface area contributed by atoms with Crippen LogP contribution in [0.3, 0.4) is 0 Å². The fraction of sp³-hybridized carbons (Fsp3) is 0.125. The zero-order valence-electron chi connectivity index (χ0n) is 59.4. The number of anilines is 9. The summed E-state index contributed by atoms with van der Waals surface area (Å²) >= 11 is 1.95. The van der Waals surface area contributed by atoms with Crippen molar-refractivity contribution in [3.8, 4) is 66.8 Å². The van der Waals surface area contributed by atoms with Gasteiger partial charge < -0.3 is 14.7 Å². The van der Waals surface area contributed by atoms with Gasteiger partial charge in [0.05, 0.1) is 11.4 Å². The third kappa shape index (κ3) is 10.6. The molecule has 0 bridgehead atoms. The van der Waals surface area contributed by atoms with E-state index in [1.54, 1.807) is 0 Å². The van der Waals surface area contributed by atoms with Crippen molar-refractivity contribution in [2.24, 2.45) is 0 Å². The first kappa shape index (κ1) is 63.2. The van der Waals surface area contributed by atoms with Crippen LogP contribution >= 0.6 is 11.8 Å². The molecule has 0 fully saturated rings. The highest BCUT2D eigenvalue weighted by atomic mass is 32.2. The molecule has 490 valence electrons. The molecular weight excluding hydrogens is 1250 g/mol. The predicted octanol–water partition coefficient (Wildman–Crippen LogP) is 22.4. The summed E-state index contributed by atoms with van der Waals surface area (Å²) in [5.74, 6) is 0. The van der Waals surface area contributed by atoms with E-state index >= 15 is 0 Å². The maximum Gasteiger partial charge on any atom is 0.252 e. The topological polar surface area (TPSA) is 9.72 Å². The Kier molecular flexibility index (Phi) is 15.1. The smallest absolute Gasteiger partial charge is 0.252 e. The van der Waals surface area contributed by atoms with Gasteiger partial charge in [-0.25, -0.2) is 0 Å². The molecule has 0 aliphatic carbocycles. The van der Waals surface area contributed by atoms with Crippen molar-refractivity contribution in [3.05, 3.63) is 332 Å². The molecule has 0 aromatic heterocycles. The average molecular weight is 1330 g/mol. The molecule has 18 rings (SSSR count). The fourth-order valence-corrected chi connectivity index (χ4v) is 17.8. The first-order valence-electron chi connectivity index (χ1n) is 36.1. The SMILES string of the molecule is CC(C)(C)c1ccc(N2c3cc4c(cc3B3c5ccc(C(C)(C)C)cc5N(c5c(-c6ccccc6)cccc5-c5ccccc5)c5cc(-c6ccccc6)cc2c53)B2c3ccc(C(C)(C)C)cc3Sc3cc(-c5ccccc5)cc(c32)N4c2c(-c3ccccc3)cccc2-c2ccccc2)cc1. The van der Waals surface area contributed by atoms with Gasteiger partial charge in [0.15, 0.2) is 0 Å². The van der Waals surface area contributed by atoms with Crippen LogP contribution in [0.4, 0.5) is 51.2 Å². The van der Waals surface area contributed by atoms with E-state index in [-0.39, 0.29) is 29.7 Å². The van der Waals surface area contributed by atoms with Crippen molar-refractivity contribution in [1.82, 2.24) is 0 Å². The molecule has 0 unspecified atom stereocenters. The van der Waals surface area contributed by atoms with Crippen LogP contribution in [0.15, 0.2) is 325 Å². The summed E-state index contributed by atoms with van der Waals surface area (Å²) in [5, 5.41) is 0. The number of hydrogen-bond donors (Lipinski definition) is 0. The Bertz CT molecular complexity index is 5490. The van der Waals surface area contributed by atoms with Gasteiger partial charge in [0.1, 0.15) is 0 Å². The summed E-state index contributed by atoms with van der Waals surface area (Å²) in [7, 11) is 0. The van der Waals surface area contributed by atoms with E-state index in [9.17, 15) is 0 Å². The first-order chi connectivity index (χ1) is 49.5. The fourth-order valence-electron chi connectivity index (χ4n) is 16.6. The molecule has 3 nitrogen and oxygen atoms in total. The molecule has 0 saturated carbocycles. The van der Waals surface area contributed by atoms with E-state index in [0.717, 1.165) is 84.3 Å². The van der Waals surface area contributed by atoms with Crippen LogP contribution in [0.5, 0.6) is 0 Å². The Balaban J connectivity index is 1.02. The molecule has 0 radical (unpaired) electrons. The lowest BCUT2D eigenvalue weighted by Gasteiger charge is -2.47. The molecule has 102 heavy (non-hydrogen) atoms. The summed E-state index contributed by atoms with van der Waals surface area (Å²) in [5.41, 5.74) is 35.7. The second-order valence-electron chi connectivity index (χ2n) is 31.2. The minimum atomic E-state index is -0.221. The monoisotopic (exact) mass is 1330 g/mol. The highest BCUT2D eigenvalue weighted by molar-refractivity contribution is 8.00. The lowest BCUT2D eigenvalue weighted by Crippen LogP contribution is -2.65. The van der Waals surface area contributed by atoms with Gasteiger partial charge in [0.2, 0.25) is 6.71 Å². The summed E-state index contributed by atoms with van der Waals surface area (Å²) in [6.07, 6.45) is 0. The summed E-state index contributed by atoms with van der Waals surface area (Å²) < 4.78 is 0. The van der Waals surface area contributed by atoms with Gasteiger partial charge in [-0.3, -0.25) is 0 Å². The second kappa shape index (κ2) is 24.4. The van der Waals surface area contributed by atoms with Gasteiger partial charge in [-0.05, 0) is 159 Å². The highest BCUT2D eigenvalue weighted by Crippen LogP contribution is 2.55. The molecule has 4 aliphatic heterocycles. The highest BCUT2D eigenvalue weighted by Gasteiger charge is 2.49. The largest absolute Gasteiger partial charge is 0.311 e. The van der Waals surface area contributed by atoms with Crippen LogP contribution in [0.1, 0.15) is 79.0 Å². The Morgan fingerprint density at radius 3 is 1.03 bits per heavy atom. The maximum atomic E-state index is 2.72. The van der Waals surface area contributed by atoms with Crippen molar-refractivity contribution < 1.29 is 0 Å². The van der Waals surface area contributed by atoms with Crippen LogP contribution in [-0.2, 0) is 16.2 Å². The van der Waals surface area contributed by atoms with E-state index in [1.165, 1.54) is 92.9 Å². The number of rotatable bonds is 9. The summed E-state index contributed by atoms with van der Waals surface area (Å²) in [6.45, 7) is 20.8. The van der Waals surface area contributed by atoms with Crippen molar-refractivity contribution in [1.29, 1.82) is 0 Å². The number of para-hydroxylation sites is 2. The Morgan fingerprint density at radius 1 is 0.235 bits per heavy atom. The quantitative estimate of drug-likeness (QED) is 0.133. The van der Waals surface area contributed by atoms with E-state index in [1.807, 2.05) is 11.8 Å². The number of hydrogen-bond acceptors (Lipinski definition) is 4. The molecule has 4 aliphatic rings. The molecule has 0 amide bonds. The minimum Gasteiger partial charge on any atom is -0.311 e. The van der Waals surface area contributed by atoms with Crippen molar-refractivity contribution in [2.75, 3.05) is 14.7 Å². The molecule has 0 N–H and O–H groups in total. The molecule has 0 atom stereocenters. The van der Waals surface area contributed by atoms with Gasteiger partial charge >= 0.3 is 0 Å². The van der Waals surface area contributed by atoms with Crippen molar-refractivity contribution >= 4 is 109 Å². The van der Waals surface area contributed by atoms with Gasteiger partial charge in [-0.2, -0.15) is 0 Å². The first-order valence-corrected chi connectivity index (χ1v) is 36.9. The van der Waals surface area contributed by atoms with E-state index in [2.05, 4.69) is 392 Å². The average Bonchev–Trinajstić information content (AvgIpc) is 0.683. The molecule has 6 heteroatoms. The van der Waals surface area contributed by atoms with Gasteiger partial charge in [0.25, 0.3) is 6.71 Å². The molecular formula is C96H79B2N3S. The van der Waals surface area contributed by atoms with Crippen LogP contribution < -0.4 is 47.5 Å². The molecule has 0 saturated heterocycles. The molecule has 14 aromatic carbocycles. The predicted molar refractivity (Wildman–Crippen MR) is 439 cm³/mol. The van der Waals surface area contributed by atoms with E-state index < -0.39 is 0 Å². The number of benzene rings is 14. The zero-order chi connectivity index (χ0) is 69.3. The second-order valence-corrected chi connectivity index (χ2v) is 32.3. The van der Waals surface area contributed by atoms with Gasteiger partial charge in [0, 0.05) is 71.9 Å². The normalized spacial score (nSPS) is 13.4. The minimum absolute atomic E-state index is 0.0686. The van der Waals surface area contributed by atoms with Crippen molar-refractivity contribution in [3.63, 3.8) is 0 Å². The summed E-state index contributed by atoms with van der Waals surface area (Å²) in [6, 6.07) is 120. The third-order valence-corrected chi connectivity index (χ3v) is 22.9. The third-order valence-electron chi connectivity index (χ3n) is 21.8. The van der Waals surface area contributed by atoms with Crippen molar-refractivity contribution in [2.45, 2.75) is 88.3 Å². The Labute approximate surface area is 607 Å². The Morgan fingerprint density at radius 2 is 0.588 bits per heavy atom. The van der Waals surface area contributed by atoms with E-state index in [0.29, 0.717) is 0 Å². The lowest BCUT2D eigenvalue weighted by atomic mass is 9.30. The number of fused-ring (bicyclic) bond motifs is 8. The van der Waals surface area contributed by atoms with Crippen LogP contribution in [-0.4, -0.2) is 13.4 Å². The van der Waals surface area contributed by atoms with Crippen LogP contribution in [0.25, 0.3) is 66.8 Å². The number of nitrogens with zero attached hydrogens (tertiary/aromatic N) is 3. The molecule has 14 aromatic rings. The Hall–Kier alpha value is -11.0. The van der Waals surface area contributed by atoms with Gasteiger partial charge in [-0.15, -0.1) is 0 Å². The van der Waals surface area contributed by atoms with Crippen LogP contribution in [0, 0.1) is 0 Å². The van der Waals surface area contributed by atoms with Gasteiger partial charge in [-0.1, -0.05) is 340 Å². The maximum absolute atomic E-state index is 2.72. The molecule has 0 spiro atoms.